The lowest BCUT2D eigenvalue weighted by atomic mass is 10.1. The highest BCUT2D eigenvalue weighted by Crippen LogP contribution is 2.19. The highest BCUT2D eigenvalue weighted by atomic mass is 32.1. The third kappa shape index (κ3) is 8.68. The van der Waals surface area contributed by atoms with Gasteiger partial charge >= 0.3 is 0 Å². The normalized spacial score (nSPS) is 16.6. The monoisotopic (exact) mass is 366 g/mol. The number of rotatable bonds is 9. The number of hydrogen-bond acceptors (Lipinski definition) is 4. The summed E-state index contributed by atoms with van der Waals surface area (Å²) < 4.78 is 6.03. The van der Waals surface area contributed by atoms with Gasteiger partial charge in [-0.3, -0.25) is 4.99 Å². The zero-order chi connectivity index (χ0) is 17.7. The Morgan fingerprint density at radius 3 is 2.76 bits per heavy atom. The summed E-state index contributed by atoms with van der Waals surface area (Å²) in [6.45, 7) is 7.40. The van der Waals surface area contributed by atoms with E-state index >= 15 is 0 Å². The maximum atomic E-state index is 6.03. The lowest BCUT2D eigenvalue weighted by Crippen LogP contribution is -2.39. The molecule has 1 aliphatic carbocycles. The third-order valence-corrected chi connectivity index (χ3v) is 5.41. The number of aromatic nitrogens is 1. The van der Waals surface area contributed by atoms with E-state index in [4.69, 9.17) is 4.74 Å². The van der Waals surface area contributed by atoms with E-state index in [2.05, 4.69) is 32.9 Å². The van der Waals surface area contributed by atoms with Crippen LogP contribution in [-0.4, -0.2) is 43.3 Å². The van der Waals surface area contributed by atoms with E-state index in [1.807, 2.05) is 6.92 Å². The number of aryl methyl sites for hydroxylation is 2. The molecular weight excluding hydrogens is 332 g/mol. The number of hydrogen-bond donors (Lipinski definition) is 2. The molecule has 142 valence electrons. The van der Waals surface area contributed by atoms with Gasteiger partial charge in [0.25, 0.3) is 0 Å². The zero-order valence-electron chi connectivity index (χ0n) is 15.9. The maximum Gasteiger partial charge on any atom is 0.191 e. The minimum atomic E-state index is 0.463. The Bertz CT molecular complexity index is 495. The van der Waals surface area contributed by atoms with E-state index in [9.17, 15) is 0 Å². The Hall–Kier alpha value is -1.14. The van der Waals surface area contributed by atoms with Gasteiger partial charge < -0.3 is 15.4 Å². The highest BCUT2D eigenvalue weighted by molar-refractivity contribution is 7.09. The summed E-state index contributed by atoms with van der Waals surface area (Å²) in [5.41, 5.74) is 1.12. The van der Waals surface area contributed by atoms with E-state index in [0.29, 0.717) is 6.10 Å². The van der Waals surface area contributed by atoms with E-state index in [-0.39, 0.29) is 0 Å². The molecule has 1 fully saturated rings. The molecule has 6 heteroatoms. The van der Waals surface area contributed by atoms with Crippen molar-refractivity contribution in [2.45, 2.75) is 71.3 Å². The minimum Gasteiger partial charge on any atom is -0.376 e. The largest absolute Gasteiger partial charge is 0.376 e. The zero-order valence-corrected chi connectivity index (χ0v) is 16.7. The van der Waals surface area contributed by atoms with Crippen molar-refractivity contribution < 1.29 is 4.74 Å². The molecule has 1 aliphatic rings. The Labute approximate surface area is 156 Å². The molecule has 2 rings (SSSR count). The predicted octanol–water partition coefficient (Wildman–Crippen LogP) is 3.68. The molecule has 0 unspecified atom stereocenters. The Balaban J connectivity index is 1.61. The lowest BCUT2D eigenvalue weighted by molar-refractivity contribution is 0.0468. The Kier molecular flexibility index (Phi) is 9.89. The molecule has 0 bridgehead atoms. The summed E-state index contributed by atoms with van der Waals surface area (Å²) in [6, 6.07) is 0. The van der Waals surface area contributed by atoms with Gasteiger partial charge in [0.15, 0.2) is 5.96 Å². The van der Waals surface area contributed by atoms with Crippen molar-refractivity contribution in [2.24, 2.45) is 4.99 Å². The first-order valence-corrected chi connectivity index (χ1v) is 10.7. The molecule has 5 nitrogen and oxygen atoms in total. The van der Waals surface area contributed by atoms with Crippen molar-refractivity contribution in [1.29, 1.82) is 0 Å². The first-order chi connectivity index (χ1) is 12.3. The molecule has 2 N–H and O–H groups in total. The van der Waals surface area contributed by atoms with Gasteiger partial charge in [-0.2, -0.15) is 0 Å². The molecule has 0 spiro atoms. The van der Waals surface area contributed by atoms with Gasteiger partial charge in [0.05, 0.1) is 17.7 Å². The fraction of sp³-hybridized carbons (Fsp3) is 0.789. The summed E-state index contributed by atoms with van der Waals surface area (Å²) in [5, 5.41) is 10.0. The van der Waals surface area contributed by atoms with Crippen LogP contribution in [0.15, 0.2) is 10.4 Å². The molecule has 1 saturated carbocycles. The van der Waals surface area contributed by atoms with Gasteiger partial charge in [0.2, 0.25) is 0 Å². The number of guanidine groups is 1. The molecule has 1 aromatic heterocycles. The Morgan fingerprint density at radius 1 is 1.28 bits per heavy atom. The quantitative estimate of drug-likeness (QED) is 0.303. The number of ether oxygens (including phenoxy) is 1. The predicted molar refractivity (Wildman–Crippen MR) is 107 cm³/mol. The molecule has 0 radical (unpaired) electrons. The van der Waals surface area contributed by atoms with E-state index in [1.54, 1.807) is 11.3 Å². The lowest BCUT2D eigenvalue weighted by Gasteiger charge is -2.16. The van der Waals surface area contributed by atoms with E-state index < -0.39 is 0 Å². The van der Waals surface area contributed by atoms with Gasteiger partial charge in [-0.05, 0) is 33.1 Å². The SMILES string of the molecule is CCNC(=NCCCc1nc(C)cs1)NCCOC1CCCCCC1. The smallest absolute Gasteiger partial charge is 0.191 e. The van der Waals surface area contributed by atoms with Gasteiger partial charge in [-0.1, -0.05) is 25.7 Å². The first-order valence-electron chi connectivity index (χ1n) is 9.82. The molecule has 25 heavy (non-hydrogen) atoms. The maximum absolute atomic E-state index is 6.03. The average molecular weight is 367 g/mol. The van der Waals surface area contributed by atoms with Crippen LogP contribution in [0.5, 0.6) is 0 Å². The molecule has 1 aromatic rings. The highest BCUT2D eigenvalue weighted by Gasteiger charge is 2.12. The van der Waals surface area contributed by atoms with Crippen molar-refractivity contribution in [3.63, 3.8) is 0 Å². The molecule has 1 heterocycles. The molecule has 0 atom stereocenters. The van der Waals surface area contributed by atoms with Crippen LogP contribution >= 0.6 is 11.3 Å². The summed E-state index contributed by atoms with van der Waals surface area (Å²) in [5.74, 6) is 0.891. The van der Waals surface area contributed by atoms with Crippen molar-refractivity contribution >= 4 is 17.3 Å². The number of aliphatic imine (C=N–C) groups is 1. The summed E-state index contributed by atoms with van der Waals surface area (Å²) in [4.78, 5) is 9.15. The second-order valence-corrected chi connectivity index (χ2v) is 7.60. The first kappa shape index (κ1) is 20.2. The average Bonchev–Trinajstić information content (AvgIpc) is 2.85. The fourth-order valence-corrected chi connectivity index (χ4v) is 3.90. The van der Waals surface area contributed by atoms with Crippen LogP contribution in [0.25, 0.3) is 0 Å². The van der Waals surface area contributed by atoms with E-state index in [1.165, 1.54) is 43.5 Å². The summed E-state index contributed by atoms with van der Waals surface area (Å²) in [6.07, 6.45) is 10.3. The van der Waals surface area contributed by atoms with Crippen LogP contribution in [0.4, 0.5) is 0 Å². The number of nitrogens with zero attached hydrogens (tertiary/aromatic N) is 2. The van der Waals surface area contributed by atoms with Crippen LogP contribution < -0.4 is 10.6 Å². The van der Waals surface area contributed by atoms with E-state index in [0.717, 1.165) is 50.7 Å². The van der Waals surface area contributed by atoms with Crippen molar-refractivity contribution in [3.8, 4) is 0 Å². The van der Waals surface area contributed by atoms with Gasteiger partial charge in [-0.15, -0.1) is 11.3 Å². The van der Waals surface area contributed by atoms with Crippen molar-refractivity contribution in [2.75, 3.05) is 26.2 Å². The van der Waals surface area contributed by atoms with Crippen LogP contribution in [0.2, 0.25) is 0 Å². The van der Waals surface area contributed by atoms with Gasteiger partial charge in [0, 0.05) is 37.1 Å². The molecule has 0 aliphatic heterocycles. The van der Waals surface area contributed by atoms with Gasteiger partial charge in [-0.25, -0.2) is 4.98 Å². The fourth-order valence-electron chi connectivity index (χ4n) is 3.08. The minimum absolute atomic E-state index is 0.463. The van der Waals surface area contributed by atoms with Crippen LogP contribution in [-0.2, 0) is 11.2 Å². The molecule has 0 aromatic carbocycles. The van der Waals surface area contributed by atoms with Crippen LogP contribution in [0, 0.1) is 6.92 Å². The second-order valence-electron chi connectivity index (χ2n) is 6.66. The van der Waals surface area contributed by atoms with Crippen molar-refractivity contribution in [3.05, 3.63) is 16.1 Å². The molecular formula is C19H34N4OS. The topological polar surface area (TPSA) is 58.5 Å². The number of thiazole rings is 1. The summed E-state index contributed by atoms with van der Waals surface area (Å²) >= 11 is 1.74. The van der Waals surface area contributed by atoms with Crippen LogP contribution in [0.3, 0.4) is 0 Å². The standard InChI is InChI=1S/C19H34N4OS/c1-3-20-19(21-12-8-11-18-23-16(2)15-25-18)22-13-14-24-17-9-6-4-5-7-10-17/h15,17H,3-14H2,1-2H3,(H2,20,21,22). The van der Waals surface area contributed by atoms with Gasteiger partial charge in [0.1, 0.15) is 0 Å². The summed E-state index contributed by atoms with van der Waals surface area (Å²) in [7, 11) is 0. The van der Waals surface area contributed by atoms with Crippen LogP contribution in [0.1, 0.15) is 62.6 Å². The Morgan fingerprint density at radius 2 is 2.08 bits per heavy atom. The molecule has 0 amide bonds. The third-order valence-electron chi connectivity index (χ3n) is 4.38. The second kappa shape index (κ2) is 12.3. The molecule has 0 saturated heterocycles. The van der Waals surface area contributed by atoms with Crippen molar-refractivity contribution in [1.82, 2.24) is 15.6 Å². The number of nitrogens with one attached hydrogen (secondary N) is 2.